The van der Waals surface area contributed by atoms with Crippen LogP contribution in [0.25, 0.3) is 11.3 Å². The van der Waals surface area contributed by atoms with Gasteiger partial charge in [-0.3, -0.25) is 9.69 Å². The summed E-state index contributed by atoms with van der Waals surface area (Å²) in [5, 5.41) is 9.85. The summed E-state index contributed by atoms with van der Waals surface area (Å²) >= 11 is 12.2. The molecule has 31 heavy (non-hydrogen) atoms. The molecule has 1 amide bonds. The maximum Gasteiger partial charge on any atom is 0.253 e. The standard InChI is InChI=1S/C22H27Cl2N5O2/c1-15(2)29-9-10-31-20(14-29)22(30)28-7-5-27(6-8-28)21-4-3-19(25-26-21)16-11-17(23)13-18(24)12-16/h3-4,11-13,15,20H,5-10,14H2,1-2H3. The van der Waals surface area contributed by atoms with Crippen LogP contribution in [0, 0.1) is 0 Å². The van der Waals surface area contributed by atoms with E-state index in [1.54, 1.807) is 6.07 Å². The van der Waals surface area contributed by atoms with Crippen LogP contribution in [-0.4, -0.2) is 83.9 Å². The number of halogens is 2. The number of ether oxygens (including phenoxy) is 1. The number of aromatic nitrogens is 2. The van der Waals surface area contributed by atoms with Crippen molar-refractivity contribution in [3.05, 3.63) is 40.4 Å². The molecule has 2 aliphatic rings. The maximum absolute atomic E-state index is 12.9. The minimum atomic E-state index is -0.369. The highest BCUT2D eigenvalue weighted by Gasteiger charge is 2.32. The molecule has 0 N–H and O–H groups in total. The number of carbonyl (C=O) groups is 1. The van der Waals surface area contributed by atoms with Crippen LogP contribution in [0.15, 0.2) is 30.3 Å². The smallest absolute Gasteiger partial charge is 0.253 e. The van der Waals surface area contributed by atoms with Gasteiger partial charge in [-0.15, -0.1) is 10.2 Å². The maximum atomic E-state index is 12.9. The van der Waals surface area contributed by atoms with Crippen molar-refractivity contribution < 1.29 is 9.53 Å². The number of morpholine rings is 1. The molecule has 166 valence electrons. The number of carbonyl (C=O) groups excluding carboxylic acids is 1. The molecule has 1 unspecified atom stereocenters. The van der Waals surface area contributed by atoms with Crippen LogP contribution >= 0.6 is 23.2 Å². The first-order chi connectivity index (χ1) is 14.9. The number of nitrogens with zero attached hydrogens (tertiary/aromatic N) is 5. The number of benzene rings is 1. The first kappa shape index (κ1) is 22.3. The van der Waals surface area contributed by atoms with Crippen LogP contribution in [0.3, 0.4) is 0 Å². The summed E-state index contributed by atoms with van der Waals surface area (Å²) in [7, 11) is 0. The van der Waals surface area contributed by atoms with Gasteiger partial charge in [-0.25, -0.2) is 0 Å². The lowest BCUT2D eigenvalue weighted by Crippen LogP contribution is -2.56. The van der Waals surface area contributed by atoms with E-state index in [4.69, 9.17) is 27.9 Å². The Balaban J connectivity index is 1.35. The van der Waals surface area contributed by atoms with Gasteiger partial charge in [0.1, 0.15) is 6.10 Å². The Morgan fingerprint density at radius 1 is 1.03 bits per heavy atom. The molecule has 0 aliphatic carbocycles. The van der Waals surface area contributed by atoms with Crippen molar-refractivity contribution in [2.45, 2.75) is 26.0 Å². The molecule has 2 saturated heterocycles. The van der Waals surface area contributed by atoms with E-state index in [2.05, 4.69) is 33.8 Å². The van der Waals surface area contributed by atoms with Crippen molar-refractivity contribution in [3.8, 4) is 11.3 Å². The van der Waals surface area contributed by atoms with E-state index in [1.807, 2.05) is 29.2 Å². The number of piperazine rings is 1. The number of rotatable bonds is 4. The normalized spacial score (nSPS) is 20.4. The van der Waals surface area contributed by atoms with E-state index in [0.29, 0.717) is 61.1 Å². The first-order valence-corrected chi connectivity index (χ1v) is 11.4. The third kappa shape index (κ3) is 5.29. The van der Waals surface area contributed by atoms with Gasteiger partial charge in [-0.1, -0.05) is 23.2 Å². The molecule has 9 heteroatoms. The summed E-state index contributed by atoms with van der Waals surface area (Å²) in [4.78, 5) is 19.3. The highest BCUT2D eigenvalue weighted by molar-refractivity contribution is 6.35. The highest BCUT2D eigenvalue weighted by atomic mass is 35.5. The van der Waals surface area contributed by atoms with Crippen LogP contribution in [0.5, 0.6) is 0 Å². The van der Waals surface area contributed by atoms with E-state index >= 15 is 0 Å². The Bertz CT molecular complexity index is 896. The topological polar surface area (TPSA) is 61.8 Å². The van der Waals surface area contributed by atoms with Crippen molar-refractivity contribution in [1.29, 1.82) is 0 Å². The summed E-state index contributed by atoms with van der Waals surface area (Å²) < 4.78 is 5.77. The second kappa shape index (κ2) is 9.69. The summed E-state index contributed by atoms with van der Waals surface area (Å²) in [6, 6.07) is 9.59. The molecule has 0 saturated carbocycles. The average molecular weight is 464 g/mol. The van der Waals surface area contributed by atoms with E-state index < -0.39 is 0 Å². The monoisotopic (exact) mass is 463 g/mol. The van der Waals surface area contributed by atoms with Gasteiger partial charge in [-0.05, 0) is 44.2 Å². The fourth-order valence-corrected chi connectivity index (χ4v) is 4.52. The zero-order valence-corrected chi connectivity index (χ0v) is 19.3. The Morgan fingerprint density at radius 3 is 2.35 bits per heavy atom. The lowest BCUT2D eigenvalue weighted by Gasteiger charge is -2.40. The van der Waals surface area contributed by atoms with Crippen molar-refractivity contribution >= 4 is 34.9 Å². The van der Waals surface area contributed by atoms with Gasteiger partial charge < -0.3 is 14.5 Å². The van der Waals surface area contributed by atoms with E-state index in [1.165, 1.54) is 0 Å². The summed E-state index contributed by atoms with van der Waals surface area (Å²) in [6.45, 7) is 9.17. The van der Waals surface area contributed by atoms with Gasteiger partial charge in [0.05, 0.1) is 12.3 Å². The van der Waals surface area contributed by atoms with Crippen molar-refractivity contribution in [2.75, 3.05) is 50.8 Å². The lowest BCUT2D eigenvalue weighted by atomic mass is 10.1. The molecular formula is C22H27Cl2N5O2. The molecule has 1 atom stereocenters. The molecule has 4 rings (SSSR count). The summed E-state index contributed by atoms with van der Waals surface area (Å²) in [5.74, 6) is 0.883. The van der Waals surface area contributed by atoms with E-state index in [9.17, 15) is 4.79 Å². The molecule has 0 spiro atoms. The Morgan fingerprint density at radius 2 is 1.74 bits per heavy atom. The zero-order chi connectivity index (χ0) is 22.0. The van der Waals surface area contributed by atoms with Crippen LogP contribution in [0.2, 0.25) is 10.0 Å². The number of anilines is 1. The number of amides is 1. The second-order valence-electron chi connectivity index (χ2n) is 8.20. The molecule has 7 nitrogen and oxygen atoms in total. The molecule has 1 aromatic carbocycles. The van der Waals surface area contributed by atoms with Crippen LogP contribution in [0.1, 0.15) is 13.8 Å². The lowest BCUT2D eigenvalue weighted by molar-refractivity contribution is -0.150. The van der Waals surface area contributed by atoms with Gasteiger partial charge in [0.15, 0.2) is 5.82 Å². The van der Waals surface area contributed by atoms with E-state index in [-0.39, 0.29) is 12.0 Å². The number of hydrogen-bond donors (Lipinski definition) is 0. The minimum absolute atomic E-state index is 0.0873. The predicted octanol–water partition coefficient (Wildman–Crippen LogP) is 3.21. The van der Waals surface area contributed by atoms with Crippen LogP contribution in [0.4, 0.5) is 5.82 Å². The molecule has 3 heterocycles. The Kier molecular flexibility index (Phi) is 6.96. The predicted molar refractivity (Wildman–Crippen MR) is 123 cm³/mol. The SMILES string of the molecule is CC(C)N1CCOC(C(=O)N2CCN(c3ccc(-c4cc(Cl)cc(Cl)c4)nn3)CC2)C1. The van der Waals surface area contributed by atoms with Crippen molar-refractivity contribution in [1.82, 2.24) is 20.0 Å². The first-order valence-electron chi connectivity index (χ1n) is 10.6. The summed E-state index contributed by atoms with van der Waals surface area (Å²) in [5.41, 5.74) is 1.54. The van der Waals surface area contributed by atoms with Gasteiger partial charge in [0.25, 0.3) is 5.91 Å². The van der Waals surface area contributed by atoms with Gasteiger partial charge in [-0.2, -0.15) is 0 Å². The molecule has 0 bridgehead atoms. The fourth-order valence-electron chi connectivity index (χ4n) is 4.00. The second-order valence-corrected chi connectivity index (χ2v) is 9.07. The summed E-state index contributed by atoms with van der Waals surface area (Å²) in [6.07, 6.45) is -0.369. The van der Waals surface area contributed by atoms with Gasteiger partial charge >= 0.3 is 0 Å². The molecule has 2 fully saturated rings. The highest BCUT2D eigenvalue weighted by Crippen LogP contribution is 2.26. The van der Waals surface area contributed by atoms with Crippen LogP contribution < -0.4 is 4.90 Å². The van der Waals surface area contributed by atoms with Gasteiger partial charge in [0, 0.05) is 60.9 Å². The quantitative estimate of drug-likeness (QED) is 0.693. The molecule has 2 aliphatic heterocycles. The zero-order valence-electron chi connectivity index (χ0n) is 17.8. The van der Waals surface area contributed by atoms with Crippen LogP contribution in [-0.2, 0) is 9.53 Å². The molecule has 1 aromatic heterocycles. The molecule has 2 aromatic rings. The Hall–Kier alpha value is -1.93. The minimum Gasteiger partial charge on any atom is -0.366 e. The Labute approximate surface area is 192 Å². The number of hydrogen-bond acceptors (Lipinski definition) is 6. The van der Waals surface area contributed by atoms with E-state index in [0.717, 1.165) is 17.9 Å². The van der Waals surface area contributed by atoms with Crippen molar-refractivity contribution in [3.63, 3.8) is 0 Å². The fraction of sp³-hybridized carbons (Fsp3) is 0.500. The third-order valence-electron chi connectivity index (χ3n) is 5.83. The molecule has 0 radical (unpaired) electrons. The average Bonchev–Trinajstić information content (AvgIpc) is 2.78. The molecular weight excluding hydrogens is 437 g/mol. The van der Waals surface area contributed by atoms with Crippen molar-refractivity contribution in [2.24, 2.45) is 0 Å². The van der Waals surface area contributed by atoms with Gasteiger partial charge in [0.2, 0.25) is 0 Å². The third-order valence-corrected chi connectivity index (χ3v) is 6.26. The largest absolute Gasteiger partial charge is 0.366 e.